The predicted octanol–water partition coefficient (Wildman–Crippen LogP) is 1.61. The number of hydrogen-bond acceptors (Lipinski definition) is 2. The Kier molecular flexibility index (Phi) is 2.85. The molecule has 1 fully saturated rings. The van der Waals surface area contributed by atoms with E-state index in [4.69, 9.17) is 5.73 Å². The molecule has 0 saturated carbocycles. The molecule has 2 nitrogen and oxygen atoms in total. The SMILES string of the molecule is CC1CC(N)CN1Cc1ccccc1. The number of nitrogens with zero attached hydrogens (tertiary/aromatic N) is 1. The lowest BCUT2D eigenvalue weighted by atomic mass is 10.2. The molecule has 2 unspecified atom stereocenters. The van der Waals surface area contributed by atoms with Crippen LogP contribution in [0.2, 0.25) is 0 Å². The van der Waals surface area contributed by atoms with Crippen LogP contribution in [0, 0.1) is 0 Å². The van der Waals surface area contributed by atoms with E-state index in [0.29, 0.717) is 12.1 Å². The topological polar surface area (TPSA) is 29.3 Å². The van der Waals surface area contributed by atoms with Gasteiger partial charge in [-0.15, -0.1) is 0 Å². The van der Waals surface area contributed by atoms with Crippen molar-refractivity contribution in [1.29, 1.82) is 0 Å². The minimum atomic E-state index is 0.369. The van der Waals surface area contributed by atoms with Crippen LogP contribution in [0.25, 0.3) is 0 Å². The second kappa shape index (κ2) is 4.11. The highest BCUT2D eigenvalue weighted by Crippen LogP contribution is 2.18. The third-order valence-corrected chi connectivity index (χ3v) is 2.96. The highest BCUT2D eigenvalue weighted by Gasteiger charge is 2.25. The van der Waals surface area contributed by atoms with Crippen molar-refractivity contribution in [2.75, 3.05) is 6.54 Å². The molecule has 0 spiro atoms. The van der Waals surface area contributed by atoms with Gasteiger partial charge in [0.2, 0.25) is 0 Å². The van der Waals surface area contributed by atoms with Crippen LogP contribution in [0.15, 0.2) is 30.3 Å². The lowest BCUT2D eigenvalue weighted by Crippen LogP contribution is -2.28. The van der Waals surface area contributed by atoms with E-state index in [1.807, 2.05) is 0 Å². The Balaban J connectivity index is 1.98. The molecular formula is C12H18N2. The summed E-state index contributed by atoms with van der Waals surface area (Å²) in [5.41, 5.74) is 7.31. The van der Waals surface area contributed by atoms with Crippen molar-refractivity contribution in [1.82, 2.24) is 4.90 Å². The zero-order chi connectivity index (χ0) is 9.97. The zero-order valence-corrected chi connectivity index (χ0v) is 8.69. The summed E-state index contributed by atoms with van der Waals surface area (Å²) in [6, 6.07) is 11.6. The smallest absolute Gasteiger partial charge is 0.0237 e. The van der Waals surface area contributed by atoms with Gasteiger partial charge in [-0.05, 0) is 18.9 Å². The van der Waals surface area contributed by atoms with Crippen LogP contribution in [0.4, 0.5) is 0 Å². The summed E-state index contributed by atoms with van der Waals surface area (Å²) in [5.74, 6) is 0. The Bertz CT molecular complexity index is 284. The van der Waals surface area contributed by atoms with Gasteiger partial charge in [0.15, 0.2) is 0 Å². The number of hydrogen-bond donors (Lipinski definition) is 1. The summed E-state index contributed by atoms with van der Waals surface area (Å²) < 4.78 is 0. The first kappa shape index (κ1) is 9.69. The van der Waals surface area contributed by atoms with E-state index in [9.17, 15) is 0 Å². The first-order chi connectivity index (χ1) is 6.75. The van der Waals surface area contributed by atoms with E-state index < -0.39 is 0 Å². The molecule has 2 heteroatoms. The van der Waals surface area contributed by atoms with Gasteiger partial charge >= 0.3 is 0 Å². The van der Waals surface area contributed by atoms with Crippen molar-refractivity contribution in [2.45, 2.75) is 32.0 Å². The van der Waals surface area contributed by atoms with E-state index in [-0.39, 0.29) is 0 Å². The fourth-order valence-electron chi connectivity index (χ4n) is 2.18. The average Bonchev–Trinajstić information content (AvgIpc) is 2.47. The van der Waals surface area contributed by atoms with Gasteiger partial charge in [0.1, 0.15) is 0 Å². The first-order valence-corrected chi connectivity index (χ1v) is 5.29. The van der Waals surface area contributed by atoms with Crippen LogP contribution in [0.1, 0.15) is 18.9 Å². The maximum absolute atomic E-state index is 5.93. The largest absolute Gasteiger partial charge is 0.326 e. The van der Waals surface area contributed by atoms with Gasteiger partial charge in [-0.3, -0.25) is 4.90 Å². The molecule has 1 aliphatic rings. The molecule has 0 aromatic heterocycles. The molecule has 0 amide bonds. The Morgan fingerprint density at radius 3 is 2.64 bits per heavy atom. The van der Waals surface area contributed by atoms with E-state index in [2.05, 4.69) is 42.2 Å². The van der Waals surface area contributed by atoms with Crippen molar-refractivity contribution < 1.29 is 0 Å². The van der Waals surface area contributed by atoms with Crippen LogP contribution in [0.3, 0.4) is 0 Å². The van der Waals surface area contributed by atoms with E-state index in [1.54, 1.807) is 0 Å². The molecule has 1 aromatic rings. The van der Waals surface area contributed by atoms with Crippen LogP contribution in [-0.4, -0.2) is 23.5 Å². The summed E-state index contributed by atoms with van der Waals surface area (Å²) in [7, 11) is 0. The number of rotatable bonds is 2. The molecule has 1 saturated heterocycles. The quantitative estimate of drug-likeness (QED) is 0.767. The summed E-state index contributed by atoms with van der Waals surface area (Å²) in [5, 5.41) is 0. The molecule has 14 heavy (non-hydrogen) atoms. The van der Waals surface area contributed by atoms with Crippen LogP contribution in [-0.2, 0) is 6.54 Å². The first-order valence-electron chi connectivity index (χ1n) is 5.29. The van der Waals surface area contributed by atoms with Crippen LogP contribution in [0.5, 0.6) is 0 Å². The summed E-state index contributed by atoms with van der Waals surface area (Å²) >= 11 is 0. The van der Waals surface area contributed by atoms with Gasteiger partial charge in [0.25, 0.3) is 0 Å². The zero-order valence-electron chi connectivity index (χ0n) is 8.69. The molecule has 1 heterocycles. The molecule has 0 radical (unpaired) electrons. The Labute approximate surface area is 85.7 Å². The highest BCUT2D eigenvalue weighted by atomic mass is 15.2. The monoisotopic (exact) mass is 190 g/mol. The lowest BCUT2D eigenvalue weighted by molar-refractivity contribution is 0.259. The van der Waals surface area contributed by atoms with Gasteiger partial charge in [-0.2, -0.15) is 0 Å². The van der Waals surface area contributed by atoms with Crippen molar-refractivity contribution in [3.8, 4) is 0 Å². The second-order valence-electron chi connectivity index (χ2n) is 4.26. The van der Waals surface area contributed by atoms with Crippen molar-refractivity contribution in [3.63, 3.8) is 0 Å². The maximum Gasteiger partial charge on any atom is 0.0237 e. The van der Waals surface area contributed by atoms with Gasteiger partial charge in [0, 0.05) is 25.2 Å². The molecule has 76 valence electrons. The van der Waals surface area contributed by atoms with Crippen molar-refractivity contribution >= 4 is 0 Å². The van der Waals surface area contributed by atoms with Crippen LogP contribution >= 0.6 is 0 Å². The van der Waals surface area contributed by atoms with Crippen LogP contribution < -0.4 is 5.73 Å². The average molecular weight is 190 g/mol. The van der Waals surface area contributed by atoms with E-state index >= 15 is 0 Å². The Morgan fingerprint density at radius 1 is 1.36 bits per heavy atom. The normalized spacial score (nSPS) is 28.1. The minimum absolute atomic E-state index is 0.369. The third kappa shape index (κ3) is 2.14. The molecule has 0 bridgehead atoms. The number of benzene rings is 1. The standard InChI is InChI=1S/C12H18N2/c1-10-7-12(13)9-14(10)8-11-5-3-2-4-6-11/h2-6,10,12H,7-9,13H2,1H3. The lowest BCUT2D eigenvalue weighted by Gasteiger charge is -2.20. The summed E-state index contributed by atoms with van der Waals surface area (Å²) in [6.07, 6.45) is 1.13. The van der Waals surface area contributed by atoms with E-state index in [0.717, 1.165) is 19.5 Å². The second-order valence-corrected chi connectivity index (χ2v) is 4.26. The third-order valence-electron chi connectivity index (χ3n) is 2.96. The fourth-order valence-corrected chi connectivity index (χ4v) is 2.18. The molecule has 2 atom stereocenters. The minimum Gasteiger partial charge on any atom is -0.326 e. The molecular weight excluding hydrogens is 172 g/mol. The molecule has 2 N–H and O–H groups in total. The highest BCUT2D eigenvalue weighted by molar-refractivity contribution is 5.14. The van der Waals surface area contributed by atoms with Gasteiger partial charge in [-0.25, -0.2) is 0 Å². The summed E-state index contributed by atoms with van der Waals surface area (Å²) in [4.78, 5) is 2.46. The Morgan fingerprint density at radius 2 is 2.07 bits per heavy atom. The van der Waals surface area contributed by atoms with Gasteiger partial charge < -0.3 is 5.73 Å². The number of nitrogens with two attached hydrogens (primary N) is 1. The fraction of sp³-hybridized carbons (Fsp3) is 0.500. The Hall–Kier alpha value is -0.860. The predicted molar refractivity (Wildman–Crippen MR) is 58.9 cm³/mol. The van der Waals surface area contributed by atoms with E-state index in [1.165, 1.54) is 5.56 Å². The summed E-state index contributed by atoms with van der Waals surface area (Å²) in [6.45, 7) is 4.33. The molecule has 1 aromatic carbocycles. The van der Waals surface area contributed by atoms with Crippen molar-refractivity contribution in [2.24, 2.45) is 5.73 Å². The molecule has 0 aliphatic carbocycles. The van der Waals surface area contributed by atoms with Gasteiger partial charge in [-0.1, -0.05) is 30.3 Å². The van der Waals surface area contributed by atoms with Gasteiger partial charge in [0.05, 0.1) is 0 Å². The van der Waals surface area contributed by atoms with Crippen molar-refractivity contribution in [3.05, 3.63) is 35.9 Å². The molecule has 2 rings (SSSR count). The maximum atomic E-state index is 5.93. The number of likely N-dealkylation sites (tertiary alicyclic amines) is 1. The molecule has 1 aliphatic heterocycles.